The van der Waals surface area contributed by atoms with Crippen molar-refractivity contribution in [3.8, 4) is 23.6 Å². The fourth-order valence-electron chi connectivity index (χ4n) is 4.38. The largest absolute Gasteiger partial charge is 0.340 e. The summed E-state index contributed by atoms with van der Waals surface area (Å²) in [7, 11) is 1.56. The Bertz CT molecular complexity index is 1550. The van der Waals surface area contributed by atoms with Gasteiger partial charge in [0.1, 0.15) is 5.65 Å². The van der Waals surface area contributed by atoms with Crippen LogP contribution < -0.4 is 16.1 Å². The minimum atomic E-state index is -0.766. The van der Waals surface area contributed by atoms with E-state index >= 15 is 0 Å². The fraction of sp³-hybridized carbons (Fsp3) is 0.125. The van der Waals surface area contributed by atoms with Gasteiger partial charge in [-0.05, 0) is 29.3 Å². The van der Waals surface area contributed by atoms with Crippen LogP contribution >= 0.6 is 11.6 Å². The number of terminal acetylenes is 1. The molecule has 2 aromatic carbocycles. The van der Waals surface area contributed by atoms with Gasteiger partial charge in [0.05, 0.1) is 23.5 Å². The summed E-state index contributed by atoms with van der Waals surface area (Å²) in [6.45, 7) is 0.111. The summed E-state index contributed by atoms with van der Waals surface area (Å²) in [5.41, 5.74) is 2.47. The Kier molecular flexibility index (Phi) is 4.54. The predicted molar refractivity (Wildman–Crippen MR) is 124 cm³/mol. The van der Waals surface area contributed by atoms with Crippen LogP contribution in [-0.4, -0.2) is 27.0 Å². The highest BCUT2D eigenvalue weighted by atomic mass is 35.5. The molecule has 8 heteroatoms. The third kappa shape index (κ3) is 2.81. The zero-order valence-electron chi connectivity index (χ0n) is 17.0. The highest BCUT2D eigenvalue weighted by Crippen LogP contribution is 2.45. The molecule has 3 heterocycles. The third-order valence-corrected chi connectivity index (χ3v) is 6.08. The van der Waals surface area contributed by atoms with E-state index in [-0.39, 0.29) is 17.8 Å². The molecule has 0 fully saturated rings. The molecule has 32 heavy (non-hydrogen) atoms. The van der Waals surface area contributed by atoms with Gasteiger partial charge in [0.2, 0.25) is 5.91 Å². The molecular formula is C24H17ClN4O3. The number of benzene rings is 2. The molecule has 2 aromatic heterocycles. The Morgan fingerprint density at radius 2 is 1.78 bits per heavy atom. The van der Waals surface area contributed by atoms with Gasteiger partial charge in [0.25, 0.3) is 5.56 Å². The summed E-state index contributed by atoms with van der Waals surface area (Å²) in [5.74, 6) is 1.54. The second kappa shape index (κ2) is 7.29. The van der Waals surface area contributed by atoms with Crippen molar-refractivity contribution in [2.45, 2.75) is 5.92 Å². The molecule has 0 saturated carbocycles. The Labute approximate surface area is 187 Å². The molecular weight excluding hydrogens is 428 g/mol. The number of para-hydroxylation sites is 1. The number of carbonyl (C=O) groups excluding carboxylic acids is 1. The molecule has 1 amide bonds. The first-order valence-corrected chi connectivity index (χ1v) is 10.2. The van der Waals surface area contributed by atoms with Crippen molar-refractivity contribution in [3.05, 3.63) is 85.5 Å². The number of nitrogens with zero attached hydrogens (tertiary/aromatic N) is 2. The van der Waals surface area contributed by atoms with E-state index in [1.807, 2.05) is 24.3 Å². The van der Waals surface area contributed by atoms with Crippen LogP contribution in [0.5, 0.6) is 0 Å². The number of anilines is 1. The number of aryl methyl sites for hydroxylation is 1. The highest BCUT2D eigenvalue weighted by molar-refractivity contribution is 6.30. The number of nitrogens with one attached hydrogen (secondary N) is 2. The van der Waals surface area contributed by atoms with E-state index in [1.165, 1.54) is 4.57 Å². The van der Waals surface area contributed by atoms with Crippen LogP contribution in [0, 0.1) is 12.3 Å². The van der Waals surface area contributed by atoms with Crippen molar-refractivity contribution in [1.29, 1.82) is 0 Å². The van der Waals surface area contributed by atoms with Crippen LogP contribution in [-0.2, 0) is 11.8 Å². The first-order valence-electron chi connectivity index (χ1n) is 9.87. The van der Waals surface area contributed by atoms with Gasteiger partial charge >= 0.3 is 5.69 Å². The molecule has 0 spiro atoms. The third-order valence-electron chi connectivity index (χ3n) is 5.83. The first kappa shape index (κ1) is 19.9. The maximum Gasteiger partial charge on any atom is 0.329 e. The fourth-order valence-corrected chi connectivity index (χ4v) is 4.50. The predicted octanol–water partition coefficient (Wildman–Crippen LogP) is 2.99. The molecule has 0 aliphatic carbocycles. The van der Waals surface area contributed by atoms with Crippen molar-refractivity contribution in [1.82, 2.24) is 14.5 Å². The summed E-state index contributed by atoms with van der Waals surface area (Å²) in [5, 5.41) is 0.812. The monoisotopic (exact) mass is 444 g/mol. The number of hydrogen-bond donors (Lipinski definition) is 2. The van der Waals surface area contributed by atoms with Crippen LogP contribution in [0.4, 0.5) is 5.69 Å². The Morgan fingerprint density at radius 3 is 2.50 bits per heavy atom. The number of aromatic amines is 2. The van der Waals surface area contributed by atoms with Crippen molar-refractivity contribution >= 4 is 34.2 Å². The van der Waals surface area contributed by atoms with Crippen LogP contribution in [0.15, 0.2) is 58.1 Å². The van der Waals surface area contributed by atoms with Crippen molar-refractivity contribution < 1.29 is 4.79 Å². The van der Waals surface area contributed by atoms with Gasteiger partial charge in [-0.2, -0.15) is 0 Å². The molecule has 7 nitrogen and oxygen atoms in total. The molecule has 0 bridgehead atoms. The van der Waals surface area contributed by atoms with Crippen LogP contribution in [0.3, 0.4) is 0 Å². The van der Waals surface area contributed by atoms with Crippen molar-refractivity contribution in [2.75, 3.05) is 11.4 Å². The van der Waals surface area contributed by atoms with Gasteiger partial charge in [-0.25, -0.2) is 4.79 Å². The van der Waals surface area contributed by atoms with Gasteiger partial charge in [-0.3, -0.25) is 24.0 Å². The molecule has 1 atom stereocenters. The SMILES string of the molecule is C#CCN1C(=O)[C@H](c2c(-c3ccc(Cl)cc3)[nH]c3c2c(=O)[nH]c(=O)n3C)c2ccccc21. The van der Waals surface area contributed by atoms with E-state index in [2.05, 4.69) is 15.9 Å². The Hall–Kier alpha value is -4.02. The standard InChI is InChI=1S/C24H17ClN4O3/c1-3-12-29-16-7-5-4-6-15(16)17(23(29)31)18-19-21(28(2)24(32)27-22(19)30)26-20(18)13-8-10-14(25)11-9-13/h1,4-11,17,26H,12H2,2H3,(H,27,30,32)/t17-/m0/s1. The molecule has 1 aliphatic rings. The quantitative estimate of drug-likeness (QED) is 0.476. The minimum absolute atomic E-state index is 0.111. The lowest BCUT2D eigenvalue weighted by atomic mass is 9.89. The van der Waals surface area contributed by atoms with E-state index in [0.29, 0.717) is 27.6 Å². The minimum Gasteiger partial charge on any atom is -0.340 e. The molecule has 1 aliphatic heterocycles. The van der Waals surface area contributed by atoms with Gasteiger partial charge in [-0.15, -0.1) is 6.42 Å². The molecule has 2 N–H and O–H groups in total. The number of hydrogen-bond acceptors (Lipinski definition) is 3. The highest BCUT2D eigenvalue weighted by Gasteiger charge is 2.41. The number of H-pyrrole nitrogens is 2. The second-order valence-electron chi connectivity index (χ2n) is 7.58. The van der Waals surface area contributed by atoms with Crippen molar-refractivity contribution in [2.24, 2.45) is 7.05 Å². The van der Waals surface area contributed by atoms with Crippen LogP contribution in [0.2, 0.25) is 5.02 Å². The number of aromatic nitrogens is 3. The lowest BCUT2D eigenvalue weighted by molar-refractivity contribution is -0.118. The Balaban J connectivity index is 1.89. The van der Waals surface area contributed by atoms with E-state index in [9.17, 15) is 14.4 Å². The van der Waals surface area contributed by atoms with E-state index in [1.54, 1.807) is 36.2 Å². The first-order chi connectivity index (χ1) is 15.4. The van der Waals surface area contributed by atoms with Gasteiger partial charge in [0, 0.05) is 23.3 Å². The molecule has 4 aromatic rings. The lowest BCUT2D eigenvalue weighted by Gasteiger charge is -2.15. The van der Waals surface area contributed by atoms with Gasteiger partial charge < -0.3 is 4.98 Å². The zero-order valence-corrected chi connectivity index (χ0v) is 17.7. The van der Waals surface area contributed by atoms with E-state index < -0.39 is 17.2 Å². The normalized spacial score (nSPS) is 15.2. The summed E-state index contributed by atoms with van der Waals surface area (Å²) in [4.78, 5) is 46.0. The maximum atomic E-state index is 13.6. The maximum absolute atomic E-state index is 13.6. The number of amides is 1. The molecule has 0 unspecified atom stereocenters. The summed E-state index contributed by atoms with van der Waals surface area (Å²) in [6, 6.07) is 14.4. The number of rotatable bonds is 3. The molecule has 158 valence electrons. The van der Waals surface area contributed by atoms with Crippen LogP contribution in [0.1, 0.15) is 17.0 Å². The number of fused-ring (bicyclic) bond motifs is 2. The topological polar surface area (TPSA) is 91.0 Å². The Morgan fingerprint density at radius 1 is 1.06 bits per heavy atom. The summed E-state index contributed by atoms with van der Waals surface area (Å²) >= 11 is 6.07. The van der Waals surface area contributed by atoms with Crippen molar-refractivity contribution in [3.63, 3.8) is 0 Å². The summed E-state index contributed by atoms with van der Waals surface area (Å²) < 4.78 is 1.32. The van der Waals surface area contributed by atoms with Gasteiger partial charge in [0.15, 0.2) is 0 Å². The smallest absolute Gasteiger partial charge is 0.329 e. The van der Waals surface area contributed by atoms with Gasteiger partial charge in [-0.1, -0.05) is 47.9 Å². The molecule has 0 radical (unpaired) electrons. The van der Waals surface area contributed by atoms with Crippen LogP contribution in [0.25, 0.3) is 22.3 Å². The average molecular weight is 445 g/mol. The molecule has 0 saturated heterocycles. The summed E-state index contributed by atoms with van der Waals surface area (Å²) in [6.07, 6.45) is 5.52. The van der Waals surface area contributed by atoms with E-state index in [4.69, 9.17) is 18.0 Å². The lowest BCUT2D eigenvalue weighted by Crippen LogP contribution is -2.31. The average Bonchev–Trinajstić information content (AvgIpc) is 3.29. The van der Waals surface area contributed by atoms with E-state index in [0.717, 1.165) is 11.1 Å². The number of carbonyl (C=O) groups is 1. The second-order valence-corrected chi connectivity index (χ2v) is 8.02. The zero-order chi connectivity index (χ0) is 22.6. The molecule has 5 rings (SSSR count). The number of halogens is 1.